The fourth-order valence-electron chi connectivity index (χ4n) is 2.93. The molecule has 140 valence electrons. The third-order valence-electron chi connectivity index (χ3n) is 4.07. The Morgan fingerprint density at radius 2 is 1.74 bits per heavy atom. The average Bonchev–Trinajstić information content (AvgIpc) is 3.15. The zero-order chi connectivity index (χ0) is 18.9. The van der Waals surface area contributed by atoms with Crippen molar-refractivity contribution >= 4 is 23.9 Å². The Hall–Kier alpha value is -2.47. The normalized spacial score (nSPS) is 13.3. The van der Waals surface area contributed by atoms with Gasteiger partial charge in [0.1, 0.15) is 0 Å². The third kappa shape index (κ3) is 3.30. The summed E-state index contributed by atoms with van der Waals surface area (Å²) in [5, 5.41) is 0.646. The Bertz CT molecular complexity index is 1030. The van der Waals surface area contributed by atoms with Crippen LogP contribution in [0.3, 0.4) is 0 Å². The van der Waals surface area contributed by atoms with E-state index in [1.54, 1.807) is 19.9 Å². The first kappa shape index (κ1) is 17.9. The Morgan fingerprint density at radius 1 is 1.00 bits per heavy atom. The van der Waals surface area contributed by atoms with Crippen LogP contribution in [0.5, 0.6) is 11.5 Å². The molecule has 8 heteroatoms. The van der Waals surface area contributed by atoms with Gasteiger partial charge < -0.3 is 18.5 Å². The van der Waals surface area contributed by atoms with Crippen LogP contribution in [-0.2, 0) is 13.6 Å². The molecule has 1 aromatic heterocycles. The maximum absolute atomic E-state index is 13.4. The smallest absolute Gasteiger partial charge is 0.380 e. The summed E-state index contributed by atoms with van der Waals surface area (Å²) < 4.78 is 35.3. The average molecular weight is 386 g/mol. The van der Waals surface area contributed by atoms with E-state index in [0.717, 1.165) is 5.56 Å². The topological polar surface area (TPSA) is 79.8 Å². The van der Waals surface area contributed by atoms with Gasteiger partial charge in [-0.3, -0.25) is 4.57 Å². The molecule has 0 aliphatic carbocycles. The molecule has 0 unspecified atom stereocenters. The third-order valence-corrected chi connectivity index (χ3v) is 6.13. The molecule has 0 saturated carbocycles. The predicted octanol–water partition coefficient (Wildman–Crippen LogP) is 3.92. The minimum absolute atomic E-state index is 0.187. The molecule has 1 aliphatic heterocycles. The molecule has 2 aromatic carbocycles. The van der Waals surface area contributed by atoms with Crippen LogP contribution >= 0.6 is 7.60 Å². The second-order valence-electron chi connectivity index (χ2n) is 5.79. The predicted molar refractivity (Wildman–Crippen MR) is 102 cm³/mol. The molecule has 0 amide bonds. The molecular weight excluding hydrogens is 367 g/mol. The first-order valence-electron chi connectivity index (χ1n) is 8.71. The number of para-hydroxylation sites is 1. The standard InChI is InChI=1S/C19H19N2O5P/c1-3-25-27(22,26-4-2)19-14-7-5-6-8-15(14)20-18(21-19)13-9-10-16-17(11-13)24-12-23-16/h5-11H,3-4,12H2,1-2H3. The molecule has 3 aromatic rings. The van der Waals surface area contributed by atoms with Crippen molar-refractivity contribution in [3.63, 3.8) is 0 Å². The highest BCUT2D eigenvalue weighted by Gasteiger charge is 2.32. The number of rotatable bonds is 6. The number of ether oxygens (including phenoxy) is 2. The SMILES string of the molecule is CCOP(=O)(OCC)c1nc(-c2ccc3c(c2)OCO3)nc2ccccc12. The highest BCUT2D eigenvalue weighted by atomic mass is 31.2. The van der Waals surface area contributed by atoms with Crippen LogP contribution in [0, 0.1) is 0 Å². The molecule has 2 heterocycles. The largest absolute Gasteiger partial charge is 0.454 e. The lowest BCUT2D eigenvalue weighted by Gasteiger charge is -2.18. The van der Waals surface area contributed by atoms with Gasteiger partial charge in [-0.25, -0.2) is 9.97 Å². The van der Waals surface area contributed by atoms with E-state index < -0.39 is 7.60 Å². The molecule has 4 rings (SSSR count). The minimum atomic E-state index is -3.59. The molecule has 0 N–H and O–H groups in total. The van der Waals surface area contributed by atoms with Crippen molar-refractivity contribution in [3.05, 3.63) is 42.5 Å². The molecule has 0 spiro atoms. The Morgan fingerprint density at radius 3 is 2.52 bits per heavy atom. The van der Waals surface area contributed by atoms with Gasteiger partial charge in [-0.2, -0.15) is 0 Å². The second-order valence-corrected chi connectivity index (χ2v) is 7.72. The summed E-state index contributed by atoms with van der Waals surface area (Å²) in [6.07, 6.45) is 0. The van der Waals surface area contributed by atoms with Gasteiger partial charge >= 0.3 is 7.60 Å². The van der Waals surface area contributed by atoms with Crippen LogP contribution in [0.4, 0.5) is 0 Å². The molecule has 0 bridgehead atoms. The van der Waals surface area contributed by atoms with Gasteiger partial charge in [0.15, 0.2) is 22.8 Å². The maximum Gasteiger partial charge on any atom is 0.380 e. The van der Waals surface area contributed by atoms with E-state index in [1.807, 2.05) is 36.4 Å². The summed E-state index contributed by atoms with van der Waals surface area (Å²) in [5.74, 6) is 1.72. The van der Waals surface area contributed by atoms with E-state index in [0.29, 0.717) is 28.2 Å². The highest BCUT2D eigenvalue weighted by molar-refractivity contribution is 7.62. The minimum Gasteiger partial charge on any atom is -0.454 e. The Kier molecular flexibility index (Phi) is 4.83. The number of hydrogen-bond acceptors (Lipinski definition) is 7. The van der Waals surface area contributed by atoms with Crippen molar-refractivity contribution in [3.8, 4) is 22.9 Å². The lowest BCUT2D eigenvalue weighted by Crippen LogP contribution is -2.17. The fraction of sp³-hybridized carbons (Fsp3) is 0.263. The molecule has 27 heavy (non-hydrogen) atoms. The van der Waals surface area contributed by atoms with E-state index in [2.05, 4.69) is 9.97 Å². The van der Waals surface area contributed by atoms with Crippen molar-refractivity contribution in [2.24, 2.45) is 0 Å². The van der Waals surface area contributed by atoms with Gasteiger partial charge in [0.25, 0.3) is 0 Å². The fourth-order valence-corrected chi connectivity index (χ4v) is 4.63. The van der Waals surface area contributed by atoms with Crippen LogP contribution in [0.15, 0.2) is 42.5 Å². The first-order chi connectivity index (χ1) is 13.1. The summed E-state index contributed by atoms with van der Waals surface area (Å²) >= 11 is 0. The molecule has 0 radical (unpaired) electrons. The highest BCUT2D eigenvalue weighted by Crippen LogP contribution is 2.48. The summed E-state index contributed by atoms with van der Waals surface area (Å²) in [4.78, 5) is 9.21. The molecule has 0 atom stereocenters. The zero-order valence-corrected chi connectivity index (χ0v) is 15.9. The second kappa shape index (κ2) is 7.27. The van der Waals surface area contributed by atoms with Crippen LogP contribution in [0.1, 0.15) is 13.8 Å². The summed E-state index contributed by atoms with van der Waals surface area (Å²) in [6.45, 7) is 4.22. The molecule has 1 aliphatic rings. The Labute approximate surface area is 156 Å². The van der Waals surface area contributed by atoms with Crippen molar-refractivity contribution in [2.45, 2.75) is 13.8 Å². The summed E-state index contributed by atoms with van der Waals surface area (Å²) in [5.41, 5.74) is 1.66. The van der Waals surface area contributed by atoms with Crippen molar-refractivity contribution in [1.82, 2.24) is 9.97 Å². The number of aromatic nitrogens is 2. The van der Waals surface area contributed by atoms with E-state index >= 15 is 0 Å². The number of benzene rings is 2. The van der Waals surface area contributed by atoms with Gasteiger partial charge in [0, 0.05) is 10.9 Å². The number of fused-ring (bicyclic) bond motifs is 2. The summed E-state index contributed by atoms with van der Waals surface area (Å²) in [6, 6.07) is 12.8. The van der Waals surface area contributed by atoms with Gasteiger partial charge in [-0.15, -0.1) is 0 Å². The van der Waals surface area contributed by atoms with Crippen LogP contribution in [-0.4, -0.2) is 30.0 Å². The van der Waals surface area contributed by atoms with Gasteiger partial charge in [0.2, 0.25) is 6.79 Å². The van der Waals surface area contributed by atoms with E-state index in [-0.39, 0.29) is 25.4 Å². The summed E-state index contributed by atoms with van der Waals surface area (Å²) in [7, 11) is -3.59. The van der Waals surface area contributed by atoms with Crippen LogP contribution in [0.2, 0.25) is 0 Å². The monoisotopic (exact) mass is 386 g/mol. The molecule has 0 fully saturated rings. The van der Waals surface area contributed by atoms with E-state index in [4.69, 9.17) is 18.5 Å². The molecular formula is C19H19N2O5P. The number of hydrogen-bond donors (Lipinski definition) is 0. The van der Waals surface area contributed by atoms with Gasteiger partial charge in [-0.05, 0) is 38.1 Å². The Balaban J connectivity index is 1.92. The quantitative estimate of drug-likeness (QED) is 0.594. The van der Waals surface area contributed by atoms with Crippen LogP contribution < -0.4 is 14.9 Å². The van der Waals surface area contributed by atoms with Crippen LogP contribution in [0.25, 0.3) is 22.3 Å². The van der Waals surface area contributed by atoms with Crippen molar-refractivity contribution in [2.75, 3.05) is 20.0 Å². The zero-order valence-electron chi connectivity index (χ0n) is 15.0. The molecule has 7 nitrogen and oxygen atoms in total. The van der Waals surface area contributed by atoms with Gasteiger partial charge in [-0.1, -0.05) is 18.2 Å². The lowest BCUT2D eigenvalue weighted by molar-refractivity contribution is 0.174. The van der Waals surface area contributed by atoms with E-state index in [9.17, 15) is 4.57 Å². The number of nitrogens with zero attached hydrogens (tertiary/aromatic N) is 2. The van der Waals surface area contributed by atoms with E-state index in [1.165, 1.54) is 0 Å². The van der Waals surface area contributed by atoms with Gasteiger partial charge in [0.05, 0.1) is 18.7 Å². The molecule has 0 saturated heterocycles. The van der Waals surface area contributed by atoms with Crippen molar-refractivity contribution < 1.29 is 23.1 Å². The first-order valence-corrected chi connectivity index (χ1v) is 10.3. The lowest BCUT2D eigenvalue weighted by atomic mass is 10.1. The maximum atomic E-state index is 13.4. The van der Waals surface area contributed by atoms with Crippen molar-refractivity contribution in [1.29, 1.82) is 0 Å².